The molecule has 0 heterocycles. The van der Waals surface area contributed by atoms with Gasteiger partial charge in [0.1, 0.15) is 5.82 Å². The van der Waals surface area contributed by atoms with Gasteiger partial charge in [0.2, 0.25) is 0 Å². The zero-order chi connectivity index (χ0) is 16.9. The fourth-order valence-electron chi connectivity index (χ4n) is 2.75. The molecule has 0 unspecified atom stereocenters. The normalized spacial score (nSPS) is 10.5. The molecule has 3 aromatic rings. The fraction of sp³-hybridized carbons (Fsp3) is 0.217. The molecule has 0 bridgehead atoms. The quantitative estimate of drug-likeness (QED) is 0.518. The van der Waals surface area contributed by atoms with Crippen molar-refractivity contribution in [3.8, 4) is 11.8 Å². The summed E-state index contributed by atoms with van der Waals surface area (Å²) >= 11 is 0. The molecule has 0 atom stereocenters. The van der Waals surface area contributed by atoms with Gasteiger partial charge in [0.15, 0.2) is 0 Å². The van der Waals surface area contributed by atoms with E-state index in [2.05, 4.69) is 24.8 Å². The van der Waals surface area contributed by atoms with Gasteiger partial charge in [-0.1, -0.05) is 67.1 Å². The lowest BCUT2D eigenvalue weighted by Crippen LogP contribution is -1.90. The van der Waals surface area contributed by atoms with Crippen LogP contribution in [0.25, 0.3) is 10.8 Å². The molecule has 3 aromatic carbocycles. The lowest BCUT2D eigenvalue weighted by molar-refractivity contribution is 0.636. The lowest BCUT2D eigenvalue weighted by Gasteiger charge is -2.05. The summed E-state index contributed by atoms with van der Waals surface area (Å²) in [6, 6.07) is 17.7. The van der Waals surface area contributed by atoms with Crippen LogP contribution in [0.2, 0.25) is 0 Å². The maximum atomic E-state index is 14.7. The summed E-state index contributed by atoms with van der Waals surface area (Å²) in [5, 5.41) is 1.59. The number of rotatable bonds is 3. The minimum absolute atomic E-state index is 0.228. The van der Waals surface area contributed by atoms with Crippen LogP contribution in [0.4, 0.5) is 4.39 Å². The van der Waals surface area contributed by atoms with E-state index in [4.69, 9.17) is 0 Å². The Hall–Kier alpha value is -2.59. The Morgan fingerprint density at radius 1 is 0.917 bits per heavy atom. The van der Waals surface area contributed by atoms with Gasteiger partial charge in [0, 0.05) is 10.9 Å². The summed E-state index contributed by atoms with van der Waals surface area (Å²) in [5.74, 6) is 5.78. The van der Waals surface area contributed by atoms with Crippen molar-refractivity contribution in [3.63, 3.8) is 0 Å². The van der Waals surface area contributed by atoms with Crippen LogP contribution in [0.5, 0.6) is 0 Å². The molecule has 0 aliphatic carbocycles. The van der Waals surface area contributed by atoms with Gasteiger partial charge in [-0.25, -0.2) is 4.39 Å². The Labute approximate surface area is 143 Å². The van der Waals surface area contributed by atoms with E-state index in [1.165, 1.54) is 17.5 Å². The van der Waals surface area contributed by atoms with Crippen LogP contribution in [0.15, 0.2) is 54.6 Å². The smallest absolute Gasteiger partial charge is 0.146 e. The first-order valence-electron chi connectivity index (χ1n) is 8.47. The first-order chi connectivity index (χ1) is 11.7. The molecule has 120 valence electrons. The van der Waals surface area contributed by atoms with Crippen molar-refractivity contribution in [2.75, 3.05) is 0 Å². The molecule has 0 aliphatic heterocycles. The van der Waals surface area contributed by atoms with Crippen LogP contribution in [-0.4, -0.2) is 0 Å². The third-order valence-corrected chi connectivity index (χ3v) is 4.23. The van der Waals surface area contributed by atoms with Gasteiger partial charge in [-0.2, -0.15) is 0 Å². The average Bonchev–Trinajstić information content (AvgIpc) is 2.61. The lowest BCUT2D eigenvalue weighted by atomic mass is 10.0. The summed E-state index contributed by atoms with van der Waals surface area (Å²) in [4.78, 5) is 0. The highest BCUT2D eigenvalue weighted by Gasteiger charge is 2.06. The van der Waals surface area contributed by atoms with E-state index in [-0.39, 0.29) is 5.82 Å². The zero-order valence-electron chi connectivity index (χ0n) is 14.2. The molecule has 0 N–H and O–H groups in total. The number of hydrogen-bond acceptors (Lipinski definition) is 0. The molecule has 24 heavy (non-hydrogen) atoms. The first-order valence-corrected chi connectivity index (χ1v) is 8.47. The Bertz CT molecular complexity index is 908. The van der Waals surface area contributed by atoms with Crippen LogP contribution in [0, 0.1) is 24.6 Å². The minimum Gasteiger partial charge on any atom is -0.205 e. The third kappa shape index (κ3) is 3.66. The number of benzene rings is 3. The number of unbranched alkanes of at least 4 members (excludes halogenated alkanes) is 1. The first kappa shape index (κ1) is 16.3. The number of hydrogen-bond donors (Lipinski definition) is 0. The van der Waals surface area contributed by atoms with E-state index < -0.39 is 0 Å². The van der Waals surface area contributed by atoms with E-state index in [9.17, 15) is 4.39 Å². The van der Waals surface area contributed by atoms with Crippen molar-refractivity contribution in [3.05, 3.63) is 82.7 Å². The standard InChI is InChI=1S/C23H21F/c1-3-4-5-19-11-15-22-21(16-19)14-13-20(23(22)24)12-10-18-8-6-17(2)7-9-18/h6-9,11,13-16H,3-5H2,1-2H3. The number of fused-ring (bicyclic) bond motifs is 1. The van der Waals surface area contributed by atoms with Gasteiger partial charge in [-0.15, -0.1) is 0 Å². The van der Waals surface area contributed by atoms with Crippen LogP contribution in [0.3, 0.4) is 0 Å². The van der Waals surface area contributed by atoms with Gasteiger partial charge in [0.25, 0.3) is 0 Å². The molecule has 0 saturated carbocycles. The van der Waals surface area contributed by atoms with Crippen molar-refractivity contribution in [2.24, 2.45) is 0 Å². The van der Waals surface area contributed by atoms with E-state index in [0.29, 0.717) is 10.9 Å². The minimum atomic E-state index is -0.228. The van der Waals surface area contributed by atoms with E-state index in [1.54, 1.807) is 6.07 Å². The SMILES string of the molecule is CCCCc1ccc2c(F)c(C#Cc3ccc(C)cc3)ccc2c1. The highest BCUT2D eigenvalue weighted by atomic mass is 19.1. The molecule has 0 nitrogen and oxygen atoms in total. The van der Waals surface area contributed by atoms with Gasteiger partial charge >= 0.3 is 0 Å². The maximum absolute atomic E-state index is 14.7. The molecule has 0 spiro atoms. The second kappa shape index (κ2) is 7.32. The van der Waals surface area contributed by atoms with Gasteiger partial charge in [0.05, 0.1) is 5.56 Å². The molecule has 3 rings (SSSR count). The second-order valence-corrected chi connectivity index (χ2v) is 6.20. The molecular formula is C23H21F. The highest BCUT2D eigenvalue weighted by Crippen LogP contribution is 2.23. The molecule has 0 aliphatic rings. The topological polar surface area (TPSA) is 0 Å². The van der Waals surface area contributed by atoms with Crippen molar-refractivity contribution in [2.45, 2.75) is 33.1 Å². The highest BCUT2D eigenvalue weighted by molar-refractivity contribution is 5.85. The van der Waals surface area contributed by atoms with Crippen molar-refractivity contribution in [1.82, 2.24) is 0 Å². The van der Waals surface area contributed by atoms with E-state index in [1.807, 2.05) is 49.4 Å². The Balaban J connectivity index is 1.93. The van der Waals surface area contributed by atoms with Crippen LogP contribution in [-0.2, 0) is 6.42 Å². The predicted octanol–water partition coefficient (Wildman–Crippen LogP) is 6.03. The van der Waals surface area contributed by atoms with E-state index in [0.717, 1.165) is 23.8 Å². The summed E-state index contributed by atoms with van der Waals surface area (Å²) < 4.78 is 14.7. The molecule has 0 aromatic heterocycles. The van der Waals surface area contributed by atoms with Crippen molar-refractivity contribution in [1.29, 1.82) is 0 Å². The maximum Gasteiger partial charge on any atom is 0.146 e. The molecule has 0 fully saturated rings. The van der Waals surface area contributed by atoms with Crippen molar-refractivity contribution < 1.29 is 4.39 Å². The monoisotopic (exact) mass is 316 g/mol. The second-order valence-electron chi connectivity index (χ2n) is 6.20. The van der Waals surface area contributed by atoms with Gasteiger partial charge in [-0.05, 0) is 48.9 Å². The number of halogens is 1. The van der Waals surface area contributed by atoms with Gasteiger partial charge < -0.3 is 0 Å². The zero-order valence-corrected chi connectivity index (χ0v) is 14.2. The Kier molecular flexibility index (Phi) is 4.96. The Morgan fingerprint density at radius 2 is 1.71 bits per heavy atom. The van der Waals surface area contributed by atoms with Crippen molar-refractivity contribution >= 4 is 10.8 Å². The molecular weight excluding hydrogens is 295 g/mol. The summed E-state index contributed by atoms with van der Waals surface area (Å²) in [6.07, 6.45) is 3.37. The van der Waals surface area contributed by atoms with Crippen LogP contribution in [0.1, 0.15) is 42.0 Å². The summed E-state index contributed by atoms with van der Waals surface area (Å²) in [5.41, 5.74) is 3.80. The summed E-state index contributed by atoms with van der Waals surface area (Å²) in [6.45, 7) is 4.22. The summed E-state index contributed by atoms with van der Waals surface area (Å²) in [7, 11) is 0. The molecule has 0 radical (unpaired) electrons. The van der Waals surface area contributed by atoms with Crippen LogP contribution >= 0.6 is 0 Å². The molecule has 0 saturated heterocycles. The van der Waals surface area contributed by atoms with Gasteiger partial charge in [-0.3, -0.25) is 0 Å². The molecule has 1 heteroatoms. The largest absolute Gasteiger partial charge is 0.205 e. The predicted molar refractivity (Wildman–Crippen MR) is 99.7 cm³/mol. The molecule has 0 amide bonds. The fourth-order valence-corrected chi connectivity index (χ4v) is 2.75. The van der Waals surface area contributed by atoms with E-state index >= 15 is 0 Å². The average molecular weight is 316 g/mol. The third-order valence-electron chi connectivity index (χ3n) is 4.23. The Morgan fingerprint density at radius 3 is 2.46 bits per heavy atom. The number of aryl methyl sites for hydroxylation is 2. The van der Waals surface area contributed by atoms with Crippen LogP contribution < -0.4 is 0 Å².